The average molecular weight is 280 g/mol. The molecular weight excluding hydrogens is 270 g/mol. The largest absolute Gasteiger partial charge is 0.478 e. The van der Waals surface area contributed by atoms with E-state index in [9.17, 15) is 13.6 Å². The summed E-state index contributed by atoms with van der Waals surface area (Å²) in [5.74, 6) is -2.03. The summed E-state index contributed by atoms with van der Waals surface area (Å²) in [6.07, 6.45) is 0. The van der Waals surface area contributed by atoms with Gasteiger partial charge in [-0.25, -0.2) is 13.6 Å². The minimum Gasteiger partial charge on any atom is -0.478 e. The smallest absolute Gasteiger partial charge is 0.338 e. The second-order valence-corrected chi connectivity index (χ2v) is 4.86. The van der Waals surface area contributed by atoms with Crippen LogP contribution in [0.4, 0.5) is 8.78 Å². The van der Waals surface area contributed by atoms with Crippen molar-refractivity contribution in [2.45, 2.75) is 10.6 Å². The molecule has 0 aliphatic carbocycles. The number of thioether (sulfide) groups is 1. The van der Waals surface area contributed by atoms with Crippen molar-refractivity contribution in [1.29, 1.82) is 0 Å². The molecule has 98 valence electrons. The third-order valence-corrected chi connectivity index (χ3v) is 3.61. The molecule has 0 aromatic heterocycles. The SMILES string of the molecule is O=C(O)c1cc(CSc2ccccc2F)ccc1F. The Balaban J connectivity index is 2.14. The number of benzene rings is 2. The minimum atomic E-state index is -1.31. The van der Waals surface area contributed by atoms with Crippen LogP contribution in [0.2, 0.25) is 0 Å². The second kappa shape index (κ2) is 5.84. The number of aromatic carboxylic acids is 1. The number of halogens is 2. The predicted molar refractivity (Wildman–Crippen MR) is 69.3 cm³/mol. The normalized spacial score (nSPS) is 10.4. The molecule has 2 nitrogen and oxygen atoms in total. The summed E-state index contributed by atoms with van der Waals surface area (Å²) in [5, 5.41) is 8.81. The lowest BCUT2D eigenvalue weighted by atomic mass is 10.1. The van der Waals surface area contributed by atoms with Crippen LogP contribution in [0.5, 0.6) is 0 Å². The fraction of sp³-hybridized carbons (Fsp3) is 0.0714. The van der Waals surface area contributed by atoms with Gasteiger partial charge in [0.25, 0.3) is 0 Å². The van der Waals surface area contributed by atoms with Gasteiger partial charge in [-0.05, 0) is 29.8 Å². The van der Waals surface area contributed by atoms with E-state index in [1.807, 2.05) is 0 Å². The lowest BCUT2D eigenvalue weighted by Gasteiger charge is -2.05. The molecule has 2 rings (SSSR count). The number of carboxylic acids is 1. The maximum Gasteiger partial charge on any atom is 0.338 e. The van der Waals surface area contributed by atoms with Crippen molar-refractivity contribution in [2.24, 2.45) is 0 Å². The maximum atomic E-state index is 13.4. The van der Waals surface area contributed by atoms with Gasteiger partial charge in [0, 0.05) is 10.6 Å². The molecule has 0 heterocycles. The number of hydrogen-bond acceptors (Lipinski definition) is 2. The first-order valence-electron chi connectivity index (χ1n) is 5.47. The highest BCUT2D eigenvalue weighted by molar-refractivity contribution is 7.98. The average Bonchev–Trinajstić information content (AvgIpc) is 2.39. The molecule has 0 amide bonds. The zero-order valence-electron chi connectivity index (χ0n) is 9.77. The van der Waals surface area contributed by atoms with Gasteiger partial charge in [-0.2, -0.15) is 0 Å². The zero-order chi connectivity index (χ0) is 13.8. The Bertz CT molecular complexity index is 614. The Hall–Kier alpha value is -1.88. The molecule has 0 saturated carbocycles. The van der Waals surface area contributed by atoms with Crippen LogP contribution in [-0.4, -0.2) is 11.1 Å². The van der Waals surface area contributed by atoms with Crippen molar-refractivity contribution in [3.05, 3.63) is 65.2 Å². The molecule has 0 unspecified atom stereocenters. The third kappa shape index (κ3) is 3.32. The van der Waals surface area contributed by atoms with Crippen molar-refractivity contribution < 1.29 is 18.7 Å². The van der Waals surface area contributed by atoms with Crippen molar-refractivity contribution >= 4 is 17.7 Å². The van der Waals surface area contributed by atoms with E-state index in [0.717, 1.165) is 6.07 Å². The first-order valence-corrected chi connectivity index (χ1v) is 6.45. The van der Waals surface area contributed by atoms with Crippen molar-refractivity contribution in [1.82, 2.24) is 0 Å². The van der Waals surface area contributed by atoms with Crippen LogP contribution >= 0.6 is 11.8 Å². The van der Waals surface area contributed by atoms with Gasteiger partial charge in [-0.3, -0.25) is 0 Å². The molecule has 2 aromatic rings. The summed E-state index contributed by atoms with van der Waals surface area (Å²) in [7, 11) is 0. The van der Waals surface area contributed by atoms with E-state index >= 15 is 0 Å². The van der Waals surface area contributed by atoms with Crippen LogP contribution in [0, 0.1) is 11.6 Å². The number of rotatable bonds is 4. The van der Waals surface area contributed by atoms with Crippen molar-refractivity contribution in [3.8, 4) is 0 Å². The highest BCUT2D eigenvalue weighted by atomic mass is 32.2. The summed E-state index contributed by atoms with van der Waals surface area (Å²) >= 11 is 1.24. The molecule has 0 aliphatic heterocycles. The van der Waals surface area contributed by atoms with Gasteiger partial charge in [-0.1, -0.05) is 18.2 Å². The van der Waals surface area contributed by atoms with Crippen molar-refractivity contribution in [3.63, 3.8) is 0 Å². The summed E-state index contributed by atoms with van der Waals surface area (Å²) in [4.78, 5) is 11.3. The van der Waals surface area contributed by atoms with Gasteiger partial charge >= 0.3 is 5.97 Å². The van der Waals surface area contributed by atoms with E-state index in [-0.39, 0.29) is 11.4 Å². The van der Waals surface area contributed by atoms with Crippen LogP contribution in [0.15, 0.2) is 47.4 Å². The van der Waals surface area contributed by atoms with E-state index in [0.29, 0.717) is 16.2 Å². The second-order valence-electron chi connectivity index (χ2n) is 3.84. The molecule has 5 heteroatoms. The standard InChI is InChI=1S/C14H10F2O2S/c15-11-6-5-9(7-10(11)14(17)18)8-19-13-4-2-1-3-12(13)16/h1-7H,8H2,(H,17,18). The highest BCUT2D eigenvalue weighted by Gasteiger charge is 2.11. The van der Waals surface area contributed by atoms with Gasteiger partial charge < -0.3 is 5.11 Å². The highest BCUT2D eigenvalue weighted by Crippen LogP contribution is 2.25. The Labute approximate surface area is 113 Å². The van der Waals surface area contributed by atoms with E-state index < -0.39 is 11.8 Å². The monoisotopic (exact) mass is 280 g/mol. The number of hydrogen-bond donors (Lipinski definition) is 1. The van der Waals surface area contributed by atoms with E-state index in [4.69, 9.17) is 5.11 Å². The number of carboxylic acid groups (broad SMARTS) is 1. The minimum absolute atomic E-state index is 0.326. The van der Waals surface area contributed by atoms with E-state index in [1.165, 1.54) is 30.0 Å². The maximum absolute atomic E-state index is 13.4. The van der Waals surface area contributed by atoms with Crippen LogP contribution in [0.1, 0.15) is 15.9 Å². The fourth-order valence-electron chi connectivity index (χ4n) is 1.55. The van der Waals surface area contributed by atoms with Gasteiger partial charge in [0.1, 0.15) is 11.6 Å². The summed E-state index contributed by atoms with van der Waals surface area (Å²) in [5.41, 5.74) is 0.263. The van der Waals surface area contributed by atoms with Crippen LogP contribution in [0.25, 0.3) is 0 Å². The fourth-order valence-corrected chi connectivity index (χ4v) is 2.43. The molecule has 0 atom stereocenters. The molecule has 0 aliphatic rings. The molecule has 19 heavy (non-hydrogen) atoms. The summed E-state index contributed by atoms with van der Waals surface area (Å²) in [6, 6.07) is 10.2. The van der Waals surface area contributed by atoms with Gasteiger partial charge in [-0.15, -0.1) is 11.8 Å². The molecule has 0 radical (unpaired) electrons. The summed E-state index contributed by atoms with van der Waals surface area (Å²) < 4.78 is 26.6. The Morgan fingerprint density at radius 2 is 1.84 bits per heavy atom. The predicted octanol–water partition coefficient (Wildman–Crippen LogP) is 3.96. The lowest BCUT2D eigenvalue weighted by molar-refractivity contribution is 0.0692. The Kier molecular flexibility index (Phi) is 4.16. The van der Waals surface area contributed by atoms with Gasteiger partial charge in [0.2, 0.25) is 0 Å². The zero-order valence-corrected chi connectivity index (χ0v) is 10.6. The molecule has 0 bridgehead atoms. The molecule has 0 spiro atoms. The van der Waals surface area contributed by atoms with Gasteiger partial charge in [0.15, 0.2) is 0 Å². The molecular formula is C14H10F2O2S. The van der Waals surface area contributed by atoms with Crippen LogP contribution in [-0.2, 0) is 5.75 Å². The van der Waals surface area contributed by atoms with Crippen molar-refractivity contribution in [2.75, 3.05) is 0 Å². The Morgan fingerprint density at radius 3 is 2.53 bits per heavy atom. The lowest BCUT2D eigenvalue weighted by Crippen LogP contribution is -2.01. The van der Waals surface area contributed by atoms with E-state index in [1.54, 1.807) is 18.2 Å². The topological polar surface area (TPSA) is 37.3 Å². The third-order valence-electron chi connectivity index (χ3n) is 2.49. The van der Waals surface area contributed by atoms with E-state index in [2.05, 4.69) is 0 Å². The Morgan fingerprint density at radius 1 is 1.11 bits per heavy atom. The number of carbonyl (C=O) groups is 1. The molecule has 1 N–H and O–H groups in total. The molecule has 0 saturated heterocycles. The quantitative estimate of drug-likeness (QED) is 0.861. The van der Waals surface area contributed by atoms with Gasteiger partial charge in [0.05, 0.1) is 5.56 Å². The first kappa shape index (κ1) is 13.5. The van der Waals surface area contributed by atoms with Crippen LogP contribution < -0.4 is 0 Å². The molecule has 2 aromatic carbocycles. The first-order chi connectivity index (χ1) is 9.08. The molecule has 0 fully saturated rings. The summed E-state index contributed by atoms with van der Waals surface area (Å²) in [6.45, 7) is 0. The van der Waals surface area contributed by atoms with Crippen LogP contribution in [0.3, 0.4) is 0 Å².